The lowest BCUT2D eigenvalue weighted by molar-refractivity contribution is -0.167. The lowest BCUT2D eigenvalue weighted by atomic mass is 9.46. The lowest BCUT2D eigenvalue weighted by Gasteiger charge is -2.61. The topological polar surface area (TPSA) is 69.7 Å². The zero-order valence-corrected chi connectivity index (χ0v) is 20.6. The van der Waals surface area contributed by atoms with E-state index in [1.54, 1.807) is 6.92 Å². The Balaban J connectivity index is 1.51. The van der Waals surface area contributed by atoms with Crippen LogP contribution in [0.3, 0.4) is 0 Å². The Morgan fingerprint density at radius 2 is 1.81 bits per heavy atom. The van der Waals surface area contributed by atoms with Crippen LogP contribution < -0.4 is 0 Å². The van der Waals surface area contributed by atoms with E-state index in [2.05, 4.69) is 19.9 Å². The van der Waals surface area contributed by atoms with Crippen LogP contribution in [-0.2, 0) is 23.9 Å². The Hall–Kier alpha value is -1.30. The van der Waals surface area contributed by atoms with Gasteiger partial charge in [0.25, 0.3) is 0 Å². The SMILES string of the molecule is CC(=O)O[C@@H]1C=C2C[C@H](SC(C)=O)[C@H]3[C@@H](CC[C@]4(C)[C@@H]3CC[C@@]43CCC(=O)O3)[C@@]2(C)CC1. The number of allylic oxidation sites excluding steroid dienone is 1. The summed E-state index contributed by atoms with van der Waals surface area (Å²) < 4.78 is 11.6. The highest BCUT2D eigenvalue weighted by molar-refractivity contribution is 8.14. The van der Waals surface area contributed by atoms with Gasteiger partial charge in [0.2, 0.25) is 0 Å². The molecule has 1 aliphatic heterocycles. The fraction of sp³-hybridized carbons (Fsp3) is 0.808. The van der Waals surface area contributed by atoms with Crippen molar-refractivity contribution in [1.82, 2.24) is 0 Å². The van der Waals surface area contributed by atoms with Gasteiger partial charge < -0.3 is 9.47 Å². The Kier molecular flexibility index (Phi) is 5.35. The van der Waals surface area contributed by atoms with Crippen LogP contribution in [0.25, 0.3) is 0 Å². The molecule has 176 valence electrons. The average molecular weight is 461 g/mol. The quantitative estimate of drug-likeness (QED) is 0.416. The van der Waals surface area contributed by atoms with Crippen LogP contribution in [0.5, 0.6) is 0 Å². The molecule has 0 bridgehead atoms. The summed E-state index contributed by atoms with van der Waals surface area (Å²) in [5.74, 6) is 1.19. The number of ether oxygens (including phenoxy) is 2. The van der Waals surface area contributed by atoms with Gasteiger partial charge in [-0.25, -0.2) is 0 Å². The van der Waals surface area contributed by atoms with Crippen molar-refractivity contribution in [3.05, 3.63) is 11.6 Å². The Labute approximate surface area is 195 Å². The molecule has 4 aliphatic carbocycles. The predicted molar refractivity (Wildman–Crippen MR) is 123 cm³/mol. The van der Waals surface area contributed by atoms with Crippen molar-refractivity contribution in [2.24, 2.45) is 28.6 Å². The second-order valence-corrected chi connectivity index (χ2v) is 12.8. The molecule has 0 aromatic heterocycles. The van der Waals surface area contributed by atoms with Gasteiger partial charge in [-0.1, -0.05) is 31.2 Å². The van der Waals surface area contributed by atoms with E-state index in [1.165, 1.54) is 24.3 Å². The molecule has 1 spiro atoms. The molecule has 3 saturated carbocycles. The summed E-state index contributed by atoms with van der Waals surface area (Å²) >= 11 is 1.51. The maximum absolute atomic E-state index is 12.3. The van der Waals surface area contributed by atoms with Gasteiger partial charge in [-0.15, -0.1) is 0 Å². The number of carbonyl (C=O) groups is 3. The molecule has 6 heteroatoms. The molecule has 0 N–H and O–H groups in total. The molecular formula is C26H36O5S. The van der Waals surface area contributed by atoms with Gasteiger partial charge in [-0.3, -0.25) is 14.4 Å². The molecule has 5 nitrogen and oxygen atoms in total. The number of hydrogen-bond acceptors (Lipinski definition) is 6. The molecule has 5 rings (SSSR count). The molecule has 5 aliphatic rings. The monoisotopic (exact) mass is 460 g/mol. The van der Waals surface area contributed by atoms with Gasteiger partial charge >= 0.3 is 11.9 Å². The maximum Gasteiger partial charge on any atom is 0.306 e. The molecule has 4 fully saturated rings. The third-order valence-electron chi connectivity index (χ3n) is 10.0. The fourth-order valence-electron chi connectivity index (χ4n) is 8.57. The van der Waals surface area contributed by atoms with Crippen molar-refractivity contribution < 1.29 is 23.9 Å². The predicted octanol–water partition coefficient (Wildman–Crippen LogP) is 5.21. The van der Waals surface area contributed by atoms with Crippen molar-refractivity contribution in [2.75, 3.05) is 0 Å². The number of thioether (sulfide) groups is 1. The first-order chi connectivity index (χ1) is 15.1. The summed E-state index contributed by atoms with van der Waals surface area (Å²) in [5.41, 5.74) is 1.19. The van der Waals surface area contributed by atoms with Gasteiger partial charge in [0.15, 0.2) is 5.12 Å². The van der Waals surface area contributed by atoms with Gasteiger partial charge in [0, 0.05) is 30.9 Å². The highest BCUT2D eigenvalue weighted by Crippen LogP contribution is 2.70. The van der Waals surface area contributed by atoms with Crippen LogP contribution in [0.1, 0.15) is 85.5 Å². The third-order valence-corrected chi connectivity index (χ3v) is 11.2. The molecule has 0 aromatic carbocycles. The van der Waals surface area contributed by atoms with E-state index in [4.69, 9.17) is 9.47 Å². The number of fused-ring (bicyclic) bond motifs is 6. The zero-order valence-electron chi connectivity index (χ0n) is 19.8. The molecular weight excluding hydrogens is 424 g/mol. The number of hydrogen-bond donors (Lipinski definition) is 0. The smallest absolute Gasteiger partial charge is 0.306 e. The first-order valence-corrected chi connectivity index (χ1v) is 13.2. The lowest BCUT2D eigenvalue weighted by Crippen LogP contribution is -2.58. The summed E-state index contributed by atoms with van der Waals surface area (Å²) in [4.78, 5) is 36.0. The molecule has 0 amide bonds. The average Bonchev–Trinajstić information content (AvgIpc) is 3.22. The Bertz CT molecular complexity index is 881. The summed E-state index contributed by atoms with van der Waals surface area (Å²) in [6, 6.07) is 0. The Morgan fingerprint density at radius 1 is 1.06 bits per heavy atom. The van der Waals surface area contributed by atoms with E-state index in [0.29, 0.717) is 24.2 Å². The number of carbonyl (C=O) groups excluding carboxylic acids is 3. The van der Waals surface area contributed by atoms with E-state index >= 15 is 0 Å². The minimum Gasteiger partial charge on any atom is -0.458 e. The highest BCUT2D eigenvalue weighted by Gasteiger charge is 2.68. The normalized spacial score (nSPS) is 47.2. The molecule has 32 heavy (non-hydrogen) atoms. The van der Waals surface area contributed by atoms with E-state index in [-0.39, 0.29) is 44.8 Å². The molecule has 0 unspecified atom stereocenters. The second-order valence-electron chi connectivity index (χ2n) is 11.4. The standard InChI is InChI=1S/C26H36O5S/c1-15(27)30-18-5-9-24(3)17(13-18)14-21(32-16(2)28)23-19(24)6-10-25(4)20(23)7-11-26(25)12-8-22(29)31-26/h13,18-21,23H,5-12,14H2,1-4H3/t18-,19+,20+,21-,23-,24-,25+,26+/m0/s1. The van der Waals surface area contributed by atoms with E-state index in [9.17, 15) is 14.4 Å². The minimum atomic E-state index is -0.296. The van der Waals surface area contributed by atoms with Crippen molar-refractivity contribution >= 4 is 28.8 Å². The van der Waals surface area contributed by atoms with Crippen LogP contribution in [0.2, 0.25) is 0 Å². The molecule has 8 atom stereocenters. The van der Waals surface area contributed by atoms with Crippen molar-refractivity contribution in [2.45, 2.75) is 102 Å². The van der Waals surface area contributed by atoms with Gasteiger partial charge in [-0.05, 0) is 80.6 Å². The van der Waals surface area contributed by atoms with Crippen molar-refractivity contribution in [1.29, 1.82) is 0 Å². The minimum absolute atomic E-state index is 0.00243. The molecule has 1 heterocycles. The molecule has 0 radical (unpaired) electrons. The number of rotatable bonds is 2. The summed E-state index contributed by atoms with van der Waals surface area (Å²) in [6.07, 6.45) is 10.5. The van der Waals surface area contributed by atoms with E-state index in [0.717, 1.165) is 51.4 Å². The van der Waals surface area contributed by atoms with Gasteiger partial charge in [0.1, 0.15) is 11.7 Å². The first-order valence-electron chi connectivity index (χ1n) is 12.4. The first kappa shape index (κ1) is 22.5. The van der Waals surface area contributed by atoms with Crippen LogP contribution in [-0.4, -0.2) is 34.0 Å². The second kappa shape index (κ2) is 7.61. The van der Waals surface area contributed by atoms with Crippen LogP contribution >= 0.6 is 11.8 Å². The largest absolute Gasteiger partial charge is 0.458 e. The van der Waals surface area contributed by atoms with Crippen LogP contribution in [0.4, 0.5) is 0 Å². The zero-order chi connectivity index (χ0) is 22.9. The molecule has 0 aromatic rings. The number of esters is 2. The third kappa shape index (κ3) is 3.22. The summed E-state index contributed by atoms with van der Waals surface area (Å²) in [5, 5.41) is 0.419. The summed E-state index contributed by atoms with van der Waals surface area (Å²) in [7, 11) is 0. The summed E-state index contributed by atoms with van der Waals surface area (Å²) in [6.45, 7) is 7.95. The van der Waals surface area contributed by atoms with E-state index in [1.807, 2.05) is 0 Å². The fourth-order valence-corrected chi connectivity index (χ4v) is 9.80. The highest BCUT2D eigenvalue weighted by atomic mass is 32.2. The van der Waals surface area contributed by atoms with Crippen molar-refractivity contribution in [3.8, 4) is 0 Å². The van der Waals surface area contributed by atoms with Crippen LogP contribution in [0.15, 0.2) is 11.6 Å². The van der Waals surface area contributed by atoms with Gasteiger partial charge in [-0.2, -0.15) is 0 Å². The van der Waals surface area contributed by atoms with Gasteiger partial charge in [0.05, 0.1) is 0 Å². The van der Waals surface area contributed by atoms with Crippen LogP contribution in [0, 0.1) is 28.6 Å². The molecule has 1 saturated heterocycles. The maximum atomic E-state index is 12.3. The van der Waals surface area contributed by atoms with Crippen molar-refractivity contribution in [3.63, 3.8) is 0 Å². The van der Waals surface area contributed by atoms with E-state index < -0.39 is 0 Å². The Morgan fingerprint density at radius 3 is 2.47 bits per heavy atom.